The van der Waals surface area contributed by atoms with Crippen molar-refractivity contribution < 1.29 is 14.7 Å². The van der Waals surface area contributed by atoms with Crippen molar-refractivity contribution in [1.82, 2.24) is 0 Å². The number of carboxylic acids is 1. The van der Waals surface area contributed by atoms with Crippen molar-refractivity contribution in [2.24, 2.45) is 0 Å². The van der Waals surface area contributed by atoms with Gasteiger partial charge in [-0.05, 0) is 36.1 Å². The molecule has 3 N–H and O–H groups in total. The zero-order valence-electron chi connectivity index (χ0n) is 10.1. The number of aryl methyl sites for hydroxylation is 1. The van der Waals surface area contributed by atoms with E-state index in [4.69, 9.17) is 5.11 Å². The minimum Gasteiger partial charge on any atom is -0.477 e. The highest BCUT2D eigenvalue weighted by atomic mass is 32.1. The van der Waals surface area contributed by atoms with Crippen molar-refractivity contribution in [1.29, 1.82) is 0 Å². The number of benzene rings is 1. The summed E-state index contributed by atoms with van der Waals surface area (Å²) >= 11 is 1.07. The van der Waals surface area contributed by atoms with E-state index < -0.39 is 12.0 Å². The molecular formula is C13H12N2O3S. The molecule has 0 saturated carbocycles. The molecule has 5 nitrogen and oxygen atoms in total. The van der Waals surface area contributed by atoms with Crippen molar-refractivity contribution in [3.05, 3.63) is 46.2 Å². The molecule has 0 aliphatic rings. The summed E-state index contributed by atoms with van der Waals surface area (Å²) in [5.41, 5.74) is 1.98. The van der Waals surface area contributed by atoms with Crippen LogP contribution in [-0.2, 0) is 0 Å². The smallest absolute Gasteiger partial charge is 0.348 e. The third-order valence-corrected chi connectivity index (χ3v) is 3.29. The van der Waals surface area contributed by atoms with Crippen molar-refractivity contribution in [3.8, 4) is 0 Å². The maximum absolute atomic E-state index is 11.8. The summed E-state index contributed by atoms with van der Waals surface area (Å²) in [6.07, 6.45) is 0. The molecule has 6 heteroatoms. The number of nitrogens with one attached hydrogen (secondary N) is 2. The van der Waals surface area contributed by atoms with Crippen molar-refractivity contribution in [3.63, 3.8) is 0 Å². The Morgan fingerprint density at radius 1 is 1.21 bits per heavy atom. The normalized spacial score (nSPS) is 9.95. The summed E-state index contributed by atoms with van der Waals surface area (Å²) in [5.74, 6) is -1.05. The van der Waals surface area contributed by atoms with Crippen LogP contribution in [0.1, 0.15) is 15.2 Å². The second-order valence-electron chi connectivity index (χ2n) is 3.92. The number of urea groups is 1. The second-order valence-corrected chi connectivity index (χ2v) is 4.83. The number of carbonyl (C=O) groups is 2. The molecule has 1 aromatic heterocycles. The number of amides is 2. The van der Waals surface area contributed by atoms with E-state index in [-0.39, 0.29) is 4.88 Å². The third kappa shape index (κ3) is 3.32. The fourth-order valence-electron chi connectivity index (χ4n) is 1.58. The molecule has 0 bridgehead atoms. The van der Waals surface area contributed by atoms with Crippen LogP contribution in [-0.4, -0.2) is 17.1 Å². The van der Waals surface area contributed by atoms with Crippen LogP contribution < -0.4 is 10.6 Å². The first-order valence-corrected chi connectivity index (χ1v) is 6.39. The average Bonchev–Trinajstić information content (AvgIpc) is 2.76. The van der Waals surface area contributed by atoms with E-state index in [9.17, 15) is 9.59 Å². The topological polar surface area (TPSA) is 78.4 Å². The number of thiophene rings is 1. The lowest BCUT2D eigenvalue weighted by molar-refractivity contribution is 0.0703. The monoisotopic (exact) mass is 276 g/mol. The predicted octanol–water partition coefficient (Wildman–Crippen LogP) is 3.40. The Morgan fingerprint density at radius 2 is 2.00 bits per heavy atom. The van der Waals surface area contributed by atoms with Crippen molar-refractivity contribution in [2.75, 3.05) is 10.6 Å². The van der Waals surface area contributed by atoms with Crippen LogP contribution in [0.5, 0.6) is 0 Å². The van der Waals surface area contributed by atoms with E-state index in [0.717, 1.165) is 16.9 Å². The van der Waals surface area contributed by atoms with Gasteiger partial charge in [0.25, 0.3) is 0 Å². The first kappa shape index (κ1) is 13.1. The molecule has 0 atom stereocenters. The molecule has 0 aliphatic heterocycles. The Labute approximate surface area is 113 Å². The Kier molecular flexibility index (Phi) is 3.82. The van der Waals surface area contributed by atoms with E-state index in [1.54, 1.807) is 17.5 Å². The van der Waals surface area contributed by atoms with Gasteiger partial charge < -0.3 is 15.7 Å². The molecule has 19 heavy (non-hydrogen) atoms. The van der Waals surface area contributed by atoms with Crippen molar-refractivity contribution >= 4 is 34.7 Å². The van der Waals surface area contributed by atoms with Crippen LogP contribution in [0.15, 0.2) is 35.7 Å². The van der Waals surface area contributed by atoms with Gasteiger partial charge in [0, 0.05) is 5.69 Å². The number of rotatable bonds is 3. The largest absolute Gasteiger partial charge is 0.477 e. The lowest BCUT2D eigenvalue weighted by Gasteiger charge is -2.07. The van der Waals surface area contributed by atoms with Crippen LogP contribution in [0.4, 0.5) is 16.2 Å². The number of carbonyl (C=O) groups excluding carboxylic acids is 1. The molecular weight excluding hydrogens is 264 g/mol. The van der Waals surface area contributed by atoms with E-state index in [1.165, 1.54) is 0 Å². The number of hydrogen-bond donors (Lipinski definition) is 3. The lowest BCUT2D eigenvalue weighted by atomic mass is 10.2. The minimum absolute atomic E-state index is 0.111. The Balaban J connectivity index is 2.05. The maximum atomic E-state index is 11.8. The Bertz CT molecular complexity index is 622. The second kappa shape index (κ2) is 5.53. The lowest BCUT2D eigenvalue weighted by Crippen LogP contribution is -2.20. The molecule has 0 unspecified atom stereocenters. The summed E-state index contributed by atoms with van der Waals surface area (Å²) in [6, 6.07) is 8.43. The average molecular weight is 276 g/mol. The molecule has 2 amide bonds. The number of anilines is 2. The SMILES string of the molecule is Cc1cccc(NC(=O)Nc2ccsc2C(=O)O)c1. The van der Waals surface area contributed by atoms with Crippen LogP contribution in [0, 0.1) is 6.92 Å². The highest BCUT2D eigenvalue weighted by molar-refractivity contribution is 7.12. The summed E-state index contributed by atoms with van der Waals surface area (Å²) in [6.45, 7) is 1.92. The molecule has 98 valence electrons. The molecule has 0 spiro atoms. The van der Waals surface area contributed by atoms with Crippen molar-refractivity contribution in [2.45, 2.75) is 6.92 Å². The Hall–Kier alpha value is -2.34. The Morgan fingerprint density at radius 3 is 2.68 bits per heavy atom. The molecule has 0 saturated heterocycles. The van der Waals surface area contributed by atoms with Gasteiger partial charge in [-0.1, -0.05) is 12.1 Å². The van der Waals surface area contributed by atoms with E-state index in [2.05, 4.69) is 10.6 Å². The van der Waals surface area contributed by atoms with Gasteiger partial charge in [-0.2, -0.15) is 0 Å². The van der Waals surface area contributed by atoms with Crippen LogP contribution in [0.2, 0.25) is 0 Å². The summed E-state index contributed by atoms with van der Waals surface area (Å²) in [4.78, 5) is 22.8. The standard InChI is InChI=1S/C13H12N2O3S/c1-8-3-2-4-9(7-8)14-13(18)15-10-5-6-19-11(10)12(16)17/h2-7H,1H3,(H,16,17)(H2,14,15,18). The van der Waals surface area contributed by atoms with Gasteiger partial charge in [-0.3, -0.25) is 0 Å². The minimum atomic E-state index is -1.05. The number of hydrogen-bond acceptors (Lipinski definition) is 3. The van der Waals surface area contributed by atoms with Crippen LogP contribution in [0.3, 0.4) is 0 Å². The van der Waals surface area contributed by atoms with Gasteiger partial charge in [0.1, 0.15) is 4.88 Å². The van der Waals surface area contributed by atoms with E-state index >= 15 is 0 Å². The summed E-state index contributed by atoms with van der Waals surface area (Å²) < 4.78 is 0. The summed E-state index contributed by atoms with van der Waals surface area (Å²) in [5, 5.41) is 15.7. The quantitative estimate of drug-likeness (QED) is 0.804. The van der Waals surface area contributed by atoms with Gasteiger partial charge in [0.15, 0.2) is 0 Å². The number of aromatic carboxylic acids is 1. The molecule has 2 rings (SSSR count). The van der Waals surface area contributed by atoms with Gasteiger partial charge in [0.2, 0.25) is 0 Å². The molecule has 0 radical (unpaired) electrons. The highest BCUT2D eigenvalue weighted by Crippen LogP contribution is 2.22. The van der Waals surface area contributed by atoms with Gasteiger partial charge in [-0.25, -0.2) is 9.59 Å². The molecule has 2 aromatic rings. The van der Waals surface area contributed by atoms with Gasteiger partial charge in [-0.15, -0.1) is 11.3 Å². The van der Waals surface area contributed by atoms with E-state index in [0.29, 0.717) is 11.4 Å². The van der Waals surface area contributed by atoms with Gasteiger partial charge >= 0.3 is 12.0 Å². The zero-order valence-corrected chi connectivity index (χ0v) is 11.0. The fraction of sp³-hybridized carbons (Fsp3) is 0.0769. The van der Waals surface area contributed by atoms with Crippen LogP contribution in [0.25, 0.3) is 0 Å². The predicted molar refractivity (Wildman–Crippen MR) is 75.1 cm³/mol. The highest BCUT2D eigenvalue weighted by Gasteiger charge is 2.13. The third-order valence-electron chi connectivity index (χ3n) is 2.38. The first-order valence-electron chi connectivity index (χ1n) is 5.52. The summed E-state index contributed by atoms with van der Waals surface area (Å²) in [7, 11) is 0. The fourth-order valence-corrected chi connectivity index (χ4v) is 2.27. The van der Waals surface area contributed by atoms with Gasteiger partial charge in [0.05, 0.1) is 5.69 Å². The number of carboxylic acid groups (broad SMARTS) is 1. The molecule has 1 heterocycles. The molecule has 0 fully saturated rings. The zero-order chi connectivity index (χ0) is 13.8. The van der Waals surface area contributed by atoms with E-state index in [1.807, 2.05) is 25.1 Å². The maximum Gasteiger partial charge on any atom is 0.348 e. The first-order chi connectivity index (χ1) is 9.06. The van der Waals surface area contributed by atoms with Crippen LogP contribution >= 0.6 is 11.3 Å². The molecule has 1 aromatic carbocycles. The molecule has 0 aliphatic carbocycles.